The number of benzene rings is 1. The van der Waals surface area contributed by atoms with Gasteiger partial charge >= 0.3 is 0 Å². The van der Waals surface area contributed by atoms with Crippen molar-refractivity contribution in [3.05, 3.63) is 51.8 Å². The Hall–Kier alpha value is -1.65. The molecule has 0 saturated carbocycles. The summed E-state index contributed by atoms with van der Waals surface area (Å²) in [6, 6.07) is 10.9. The van der Waals surface area contributed by atoms with Gasteiger partial charge in [0.2, 0.25) is 0 Å². The van der Waals surface area contributed by atoms with Crippen molar-refractivity contribution in [3.63, 3.8) is 0 Å². The van der Waals surface area contributed by atoms with Crippen molar-refractivity contribution in [2.75, 3.05) is 13.1 Å². The second-order valence-electron chi connectivity index (χ2n) is 5.44. The molecule has 0 unspecified atom stereocenters. The summed E-state index contributed by atoms with van der Waals surface area (Å²) in [7, 11) is 0. The summed E-state index contributed by atoms with van der Waals surface area (Å²) in [4.78, 5) is 12.0. The minimum absolute atomic E-state index is 0.0359. The number of aromatic nitrogens is 2. The van der Waals surface area contributed by atoms with Crippen LogP contribution >= 0.6 is 11.6 Å². The fourth-order valence-electron chi connectivity index (χ4n) is 2.66. The molecule has 1 aliphatic rings. The SMILES string of the molecule is O=c1ccc(-c2ccc(Cl)cc2)nn1CC1CCNCC1. The molecule has 1 aromatic heterocycles. The number of nitrogens with zero attached hydrogens (tertiary/aromatic N) is 2. The molecular weight excluding hydrogens is 286 g/mol. The molecule has 2 heterocycles. The monoisotopic (exact) mass is 303 g/mol. The van der Waals surface area contributed by atoms with E-state index >= 15 is 0 Å². The molecule has 1 fully saturated rings. The van der Waals surface area contributed by atoms with Crippen LogP contribution in [0.5, 0.6) is 0 Å². The smallest absolute Gasteiger partial charge is 0.266 e. The number of halogens is 1. The van der Waals surface area contributed by atoms with Crippen LogP contribution in [0.15, 0.2) is 41.2 Å². The molecule has 4 nitrogen and oxygen atoms in total. The maximum atomic E-state index is 12.0. The van der Waals surface area contributed by atoms with E-state index in [4.69, 9.17) is 11.6 Å². The number of rotatable bonds is 3. The van der Waals surface area contributed by atoms with E-state index in [9.17, 15) is 4.79 Å². The largest absolute Gasteiger partial charge is 0.317 e. The van der Waals surface area contributed by atoms with Crippen molar-refractivity contribution in [3.8, 4) is 11.3 Å². The van der Waals surface area contributed by atoms with Crippen molar-refractivity contribution < 1.29 is 0 Å². The maximum Gasteiger partial charge on any atom is 0.266 e. The average Bonchev–Trinajstić information content (AvgIpc) is 2.51. The molecule has 1 saturated heterocycles. The Morgan fingerprint density at radius 2 is 1.86 bits per heavy atom. The van der Waals surface area contributed by atoms with Gasteiger partial charge in [0.05, 0.1) is 5.69 Å². The third-order valence-electron chi connectivity index (χ3n) is 3.90. The van der Waals surface area contributed by atoms with E-state index in [-0.39, 0.29) is 5.56 Å². The molecule has 110 valence electrons. The molecule has 0 spiro atoms. The quantitative estimate of drug-likeness (QED) is 0.948. The van der Waals surface area contributed by atoms with E-state index < -0.39 is 0 Å². The lowest BCUT2D eigenvalue weighted by Crippen LogP contribution is -2.33. The predicted molar refractivity (Wildman–Crippen MR) is 84.5 cm³/mol. The van der Waals surface area contributed by atoms with Crippen molar-refractivity contribution in [1.82, 2.24) is 15.1 Å². The Bertz CT molecular complexity index is 660. The molecule has 5 heteroatoms. The standard InChI is InChI=1S/C16H18ClN3O/c17-14-3-1-13(2-4-14)15-5-6-16(21)20(19-15)11-12-7-9-18-10-8-12/h1-6,12,18H,7-11H2. The Labute approximate surface area is 128 Å². The minimum atomic E-state index is -0.0359. The molecule has 3 rings (SSSR count). The second kappa shape index (κ2) is 6.41. The Morgan fingerprint density at radius 1 is 1.14 bits per heavy atom. The molecule has 21 heavy (non-hydrogen) atoms. The Morgan fingerprint density at radius 3 is 2.57 bits per heavy atom. The zero-order valence-corrected chi connectivity index (χ0v) is 12.5. The molecule has 0 amide bonds. The van der Waals surface area contributed by atoms with Gasteiger partial charge in [0, 0.05) is 23.2 Å². The lowest BCUT2D eigenvalue weighted by Gasteiger charge is -2.22. The highest BCUT2D eigenvalue weighted by atomic mass is 35.5. The first-order valence-corrected chi connectivity index (χ1v) is 7.65. The molecule has 1 N–H and O–H groups in total. The predicted octanol–water partition coefficient (Wildman–Crippen LogP) is 2.56. The molecule has 0 atom stereocenters. The van der Waals surface area contributed by atoms with Crippen LogP contribution in [0.4, 0.5) is 0 Å². The van der Waals surface area contributed by atoms with Crippen LogP contribution in [0.25, 0.3) is 11.3 Å². The van der Waals surface area contributed by atoms with Crippen molar-refractivity contribution in [1.29, 1.82) is 0 Å². The number of hydrogen-bond acceptors (Lipinski definition) is 3. The molecule has 0 aliphatic carbocycles. The molecule has 1 aliphatic heterocycles. The Balaban J connectivity index is 1.85. The molecule has 2 aromatic rings. The first-order valence-electron chi connectivity index (χ1n) is 7.27. The van der Waals surface area contributed by atoms with Gasteiger partial charge in [-0.2, -0.15) is 5.10 Å². The van der Waals surface area contributed by atoms with Crippen LogP contribution in [0.2, 0.25) is 5.02 Å². The van der Waals surface area contributed by atoms with Crippen LogP contribution in [0, 0.1) is 5.92 Å². The van der Waals surface area contributed by atoms with Gasteiger partial charge in [-0.3, -0.25) is 4.79 Å². The van der Waals surface area contributed by atoms with Gasteiger partial charge < -0.3 is 5.32 Å². The van der Waals surface area contributed by atoms with Gasteiger partial charge in [0.1, 0.15) is 0 Å². The highest BCUT2D eigenvalue weighted by molar-refractivity contribution is 6.30. The fraction of sp³-hybridized carbons (Fsp3) is 0.375. The van der Waals surface area contributed by atoms with Crippen LogP contribution in [0.3, 0.4) is 0 Å². The minimum Gasteiger partial charge on any atom is -0.317 e. The normalized spacial score (nSPS) is 16.0. The second-order valence-corrected chi connectivity index (χ2v) is 5.88. The highest BCUT2D eigenvalue weighted by Gasteiger charge is 2.15. The van der Waals surface area contributed by atoms with Crippen molar-refractivity contribution in [2.45, 2.75) is 19.4 Å². The van der Waals surface area contributed by atoms with Crippen molar-refractivity contribution in [2.24, 2.45) is 5.92 Å². The maximum absolute atomic E-state index is 12.0. The summed E-state index contributed by atoms with van der Waals surface area (Å²) in [5.74, 6) is 0.525. The molecule has 1 aromatic carbocycles. The van der Waals surface area contributed by atoms with Gasteiger partial charge in [-0.25, -0.2) is 4.68 Å². The summed E-state index contributed by atoms with van der Waals surface area (Å²) in [6.07, 6.45) is 2.19. The number of hydrogen-bond donors (Lipinski definition) is 1. The Kier molecular flexibility index (Phi) is 4.36. The fourth-order valence-corrected chi connectivity index (χ4v) is 2.79. The first kappa shape index (κ1) is 14.3. The van der Waals surface area contributed by atoms with Gasteiger partial charge in [0.25, 0.3) is 5.56 Å². The van der Waals surface area contributed by atoms with E-state index in [1.54, 1.807) is 16.8 Å². The van der Waals surface area contributed by atoms with E-state index in [1.807, 2.05) is 24.3 Å². The van der Waals surface area contributed by atoms with Crippen LogP contribution in [-0.4, -0.2) is 22.9 Å². The molecule has 0 radical (unpaired) electrons. The third kappa shape index (κ3) is 3.52. The topological polar surface area (TPSA) is 46.9 Å². The van der Waals surface area contributed by atoms with Crippen LogP contribution in [0.1, 0.15) is 12.8 Å². The molecule has 0 bridgehead atoms. The summed E-state index contributed by atoms with van der Waals surface area (Å²) in [5.41, 5.74) is 1.74. The van der Waals surface area contributed by atoms with Crippen LogP contribution < -0.4 is 10.9 Å². The van der Waals surface area contributed by atoms with Gasteiger partial charge in [0.15, 0.2) is 0 Å². The van der Waals surface area contributed by atoms with E-state index in [2.05, 4.69) is 10.4 Å². The van der Waals surface area contributed by atoms with E-state index in [1.165, 1.54) is 0 Å². The zero-order valence-electron chi connectivity index (χ0n) is 11.8. The lowest BCUT2D eigenvalue weighted by atomic mass is 9.98. The zero-order chi connectivity index (χ0) is 14.7. The number of piperidine rings is 1. The third-order valence-corrected chi connectivity index (χ3v) is 4.15. The summed E-state index contributed by atoms with van der Waals surface area (Å²) in [5, 5.41) is 8.54. The van der Waals surface area contributed by atoms with Gasteiger partial charge in [-0.05, 0) is 50.0 Å². The lowest BCUT2D eigenvalue weighted by molar-refractivity contribution is 0.315. The average molecular weight is 304 g/mol. The highest BCUT2D eigenvalue weighted by Crippen LogP contribution is 2.19. The van der Waals surface area contributed by atoms with E-state index in [0.717, 1.165) is 37.2 Å². The van der Waals surface area contributed by atoms with Gasteiger partial charge in [-0.15, -0.1) is 0 Å². The summed E-state index contributed by atoms with van der Waals surface area (Å²) in [6.45, 7) is 2.74. The number of nitrogens with one attached hydrogen (secondary N) is 1. The summed E-state index contributed by atoms with van der Waals surface area (Å²) >= 11 is 5.90. The van der Waals surface area contributed by atoms with Crippen LogP contribution in [-0.2, 0) is 6.54 Å². The van der Waals surface area contributed by atoms with Crippen molar-refractivity contribution >= 4 is 11.6 Å². The van der Waals surface area contributed by atoms with Gasteiger partial charge in [-0.1, -0.05) is 23.7 Å². The molecular formula is C16H18ClN3O. The first-order chi connectivity index (χ1) is 10.2. The summed E-state index contributed by atoms with van der Waals surface area (Å²) < 4.78 is 1.60. The van der Waals surface area contributed by atoms with E-state index in [0.29, 0.717) is 17.5 Å².